The Balaban J connectivity index is 1.45. The van der Waals surface area contributed by atoms with Crippen molar-refractivity contribution in [3.63, 3.8) is 0 Å². The number of ketones is 1. The number of aliphatic imine (C=N–C) groups is 1. The summed E-state index contributed by atoms with van der Waals surface area (Å²) in [6.07, 6.45) is 3.85. The largest absolute Gasteiger partial charge is 0.481 e. The van der Waals surface area contributed by atoms with Crippen LogP contribution in [-0.4, -0.2) is 54.0 Å². The van der Waals surface area contributed by atoms with E-state index < -0.39 is 23.7 Å². The first-order valence-corrected chi connectivity index (χ1v) is 16.1. The van der Waals surface area contributed by atoms with Gasteiger partial charge in [-0.15, -0.1) is 0 Å². The van der Waals surface area contributed by atoms with Gasteiger partial charge in [0.05, 0.1) is 17.6 Å². The highest BCUT2D eigenvalue weighted by Gasteiger charge is 2.68. The van der Waals surface area contributed by atoms with Gasteiger partial charge in [0.15, 0.2) is 5.03 Å². The molecule has 6 atom stereocenters. The molecule has 43 heavy (non-hydrogen) atoms. The zero-order chi connectivity index (χ0) is 31.5. The summed E-state index contributed by atoms with van der Waals surface area (Å²) < 4.78 is 14.2. The summed E-state index contributed by atoms with van der Waals surface area (Å²) >= 11 is 3.41. The normalized spacial score (nSPS) is 27.2. The fourth-order valence-electron chi connectivity index (χ4n) is 7.29. The Bertz CT molecular complexity index is 1210. The van der Waals surface area contributed by atoms with Gasteiger partial charge in [0.2, 0.25) is 5.91 Å². The summed E-state index contributed by atoms with van der Waals surface area (Å²) in [7, 11) is -0.562. The molecule has 4 N–H and O–H groups in total. The van der Waals surface area contributed by atoms with Gasteiger partial charge in [-0.2, -0.15) is 0 Å². The smallest absolute Gasteiger partial charge is 0.404 e. The van der Waals surface area contributed by atoms with Crippen LogP contribution in [0.1, 0.15) is 78.7 Å². The standard InChI is InChI=1S/C30H45BBrN5O6/c1-18(2)13-26(31-42-25-17-21-16-24(29(21,3)4)30(25,5)43-31)35-27(39)20(7-6-12-34-28(33)36-37(40)41)15-23(38)14-19-8-10-22(32)11-9-19/h8-11,18,20-21,24-26H,6-7,12-17H2,1-5H3,(H,35,39)(H3,33,34,36)/t20-,21+,24+,25-,26+,30+/m1/s1. The number of Topliss-reactive ketones (excluding diaryl/α,β-unsaturated/α-hetero) is 1. The summed E-state index contributed by atoms with van der Waals surface area (Å²) in [4.78, 5) is 41.5. The lowest BCUT2D eigenvalue weighted by Gasteiger charge is -2.64. The molecule has 4 fully saturated rings. The molecule has 13 heteroatoms. The van der Waals surface area contributed by atoms with Crippen LogP contribution >= 0.6 is 15.9 Å². The van der Waals surface area contributed by atoms with E-state index in [2.05, 4.69) is 60.9 Å². The number of hydrogen-bond acceptors (Lipinski definition) is 7. The van der Waals surface area contributed by atoms with Crippen LogP contribution in [0.3, 0.4) is 0 Å². The molecule has 0 unspecified atom stereocenters. The zero-order valence-electron chi connectivity index (χ0n) is 25.8. The Morgan fingerprint density at radius 1 is 1.23 bits per heavy atom. The van der Waals surface area contributed by atoms with Crippen LogP contribution < -0.4 is 16.5 Å². The highest BCUT2D eigenvalue weighted by Crippen LogP contribution is 2.65. The molecule has 0 radical (unpaired) electrons. The molecule has 236 valence electrons. The molecule has 0 aromatic heterocycles. The Morgan fingerprint density at radius 3 is 2.56 bits per heavy atom. The number of carbonyl (C=O) groups excluding carboxylic acids is 2. The Morgan fingerprint density at radius 2 is 1.93 bits per heavy atom. The van der Waals surface area contributed by atoms with Crippen molar-refractivity contribution in [2.24, 2.45) is 39.8 Å². The SMILES string of the molecule is CC(C)C[C@H](NC(=O)[C@H](CCCN=C(N)N[N+](=O)[O-])CC(=O)Cc1ccc(Br)cc1)B1O[C@@H]2C[C@@H]3C[C@@H](C3(C)C)[C@]2(C)O1. The molecule has 1 saturated heterocycles. The first-order valence-electron chi connectivity index (χ1n) is 15.3. The molecular weight excluding hydrogens is 617 g/mol. The lowest BCUT2D eigenvalue weighted by atomic mass is 9.43. The fraction of sp³-hybridized carbons (Fsp3) is 0.700. The number of guanidine groups is 1. The number of nitro groups is 1. The maximum atomic E-state index is 13.8. The molecule has 0 spiro atoms. The second kappa shape index (κ2) is 13.6. The van der Waals surface area contributed by atoms with Crippen LogP contribution in [0.25, 0.3) is 0 Å². The Labute approximate surface area is 262 Å². The molecule has 1 aliphatic heterocycles. The van der Waals surface area contributed by atoms with Gasteiger partial charge in [-0.3, -0.25) is 9.59 Å². The predicted molar refractivity (Wildman–Crippen MR) is 168 cm³/mol. The molecule has 4 aliphatic rings. The summed E-state index contributed by atoms with van der Waals surface area (Å²) in [6.45, 7) is 11.2. The van der Waals surface area contributed by atoms with Crippen LogP contribution in [0.5, 0.6) is 0 Å². The van der Waals surface area contributed by atoms with Crippen molar-refractivity contribution in [3.8, 4) is 0 Å². The van der Waals surface area contributed by atoms with Crippen LogP contribution in [0, 0.1) is 39.2 Å². The molecule has 1 aromatic carbocycles. The van der Waals surface area contributed by atoms with E-state index in [9.17, 15) is 19.7 Å². The van der Waals surface area contributed by atoms with Crippen LogP contribution in [0.2, 0.25) is 0 Å². The Hall–Kier alpha value is -2.51. The number of amides is 1. The van der Waals surface area contributed by atoms with E-state index in [-0.39, 0.29) is 60.4 Å². The number of hydrogen-bond donors (Lipinski definition) is 3. The van der Waals surface area contributed by atoms with Gasteiger partial charge in [0, 0.05) is 29.8 Å². The summed E-state index contributed by atoms with van der Waals surface area (Å²) in [5, 5.41) is 13.0. The van der Waals surface area contributed by atoms with Crippen molar-refractivity contribution in [3.05, 3.63) is 44.4 Å². The van der Waals surface area contributed by atoms with E-state index in [1.165, 1.54) is 0 Å². The predicted octanol–water partition coefficient (Wildman–Crippen LogP) is 4.24. The lowest BCUT2D eigenvalue weighted by molar-refractivity contribution is -0.525. The first kappa shape index (κ1) is 33.4. The van der Waals surface area contributed by atoms with E-state index in [0.29, 0.717) is 31.1 Å². The van der Waals surface area contributed by atoms with Gasteiger partial charge in [-0.1, -0.05) is 61.2 Å². The third-order valence-electron chi connectivity index (χ3n) is 9.71. The number of carbonyl (C=O) groups is 2. The average Bonchev–Trinajstić information content (AvgIpc) is 3.27. The van der Waals surface area contributed by atoms with Gasteiger partial charge >= 0.3 is 7.12 Å². The van der Waals surface area contributed by atoms with Crippen molar-refractivity contribution in [2.45, 2.75) is 97.2 Å². The van der Waals surface area contributed by atoms with E-state index in [1.54, 1.807) is 0 Å². The van der Waals surface area contributed by atoms with Crippen LogP contribution in [-0.2, 0) is 25.3 Å². The molecule has 2 bridgehead atoms. The Kier molecular flexibility index (Phi) is 10.6. The minimum absolute atomic E-state index is 0.000202. The van der Waals surface area contributed by atoms with E-state index in [4.69, 9.17) is 15.0 Å². The molecule has 3 saturated carbocycles. The number of halogens is 1. The lowest BCUT2D eigenvalue weighted by Crippen LogP contribution is -2.65. The zero-order valence-corrected chi connectivity index (χ0v) is 27.4. The number of rotatable bonds is 14. The second-order valence-corrected chi connectivity index (χ2v) is 14.5. The highest BCUT2D eigenvalue weighted by molar-refractivity contribution is 9.10. The number of nitrogens with zero attached hydrogens (tertiary/aromatic N) is 2. The molecule has 1 heterocycles. The minimum Gasteiger partial charge on any atom is -0.404 e. The van der Waals surface area contributed by atoms with Gasteiger partial charge in [0.1, 0.15) is 5.78 Å². The van der Waals surface area contributed by atoms with Crippen molar-refractivity contribution in [1.29, 1.82) is 0 Å². The topological polar surface area (TPSA) is 158 Å². The van der Waals surface area contributed by atoms with Gasteiger partial charge < -0.3 is 20.4 Å². The third kappa shape index (κ3) is 7.96. The maximum absolute atomic E-state index is 13.8. The van der Waals surface area contributed by atoms with Crippen LogP contribution in [0.15, 0.2) is 33.7 Å². The quantitative estimate of drug-likeness (QED) is 0.0667. The molecule has 5 rings (SSSR count). The first-order chi connectivity index (χ1) is 20.2. The molecule has 11 nitrogen and oxygen atoms in total. The van der Waals surface area contributed by atoms with E-state index in [1.807, 2.05) is 29.7 Å². The molecule has 3 aliphatic carbocycles. The minimum atomic E-state index is -0.779. The number of nitrogens with two attached hydrogens (primary N) is 1. The monoisotopic (exact) mass is 661 g/mol. The molecular formula is C30H45BBrN5O6. The number of benzene rings is 1. The summed E-state index contributed by atoms with van der Waals surface area (Å²) in [6, 6.07) is 7.54. The number of hydrazine groups is 1. The highest BCUT2D eigenvalue weighted by atomic mass is 79.9. The maximum Gasteiger partial charge on any atom is 0.481 e. The van der Waals surface area contributed by atoms with Crippen molar-refractivity contribution >= 4 is 40.7 Å². The van der Waals surface area contributed by atoms with Gasteiger partial charge in [-0.25, -0.2) is 15.1 Å². The number of nitrogens with one attached hydrogen (secondary N) is 2. The van der Waals surface area contributed by atoms with E-state index >= 15 is 0 Å². The van der Waals surface area contributed by atoms with Crippen molar-refractivity contribution in [1.82, 2.24) is 10.7 Å². The van der Waals surface area contributed by atoms with Crippen LogP contribution in [0.4, 0.5) is 0 Å². The van der Waals surface area contributed by atoms with Crippen molar-refractivity contribution in [2.75, 3.05) is 6.54 Å². The molecule has 1 aromatic rings. The summed E-state index contributed by atoms with van der Waals surface area (Å²) in [5.74, 6) is -0.245. The summed E-state index contributed by atoms with van der Waals surface area (Å²) in [5.41, 5.74) is 8.04. The fourth-order valence-corrected chi connectivity index (χ4v) is 7.55. The molecule has 1 amide bonds. The average molecular weight is 662 g/mol. The third-order valence-corrected chi connectivity index (χ3v) is 10.2. The second-order valence-electron chi connectivity index (χ2n) is 13.6. The van der Waals surface area contributed by atoms with Gasteiger partial charge in [0.25, 0.3) is 5.96 Å². The van der Waals surface area contributed by atoms with E-state index in [0.717, 1.165) is 22.9 Å². The van der Waals surface area contributed by atoms with Gasteiger partial charge in [-0.05, 0) is 79.9 Å². The van der Waals surface area contributed by atoms with Crippen molar-refractivity contribution < 1.29 is 23.9 Å².